The number of thioether (sulfide) groups is 1. The number of para-hydroxylation sites is 1. The quantitative estimate of drug-likeness (QED) is 0.344. The van der Waals surface area contributed by atoms with Crippen molar-refractivity contribution in [3.05, 3.63) is 70.4 Å². The smallest absolute Gasteiger partial charge is 0.346 e. The highest BCUT2D eigenvalue weighted by atomic mass is 32.2. The van der Waals surface area contributed by atoms with Crippen LogP contribution in [0.3, 0.4) is 0 Å². The van der Waals surface area contributed by atoms with Crippen molar-refractivity contribution in [1.82, 2.24) is 4.98 Å². The SMILES string of the molecule is C[C@H]1CSC(c2ccc3cc(OS(=O)(=O)c4ccccc4[N+](=O)[O-])ccc3n2)=N1. The summed E-state index contributed by atoms with van der Waals surface area (Å²) in [6.07, 6.45) is 0. The third-order valence-corrected chi connectivity index (χ3v) is 6.75. The minimum atomic E-state index is -4.37. The Kier molecular flexibility index (Phi) is 4.97. The lowest BCUT2D eigenvalue weighted by atomic mass is 10.2. The van der Waals surface area contributed by atoms with Crippen LogP contribution in [0.2, 0.25) is 0 Å². The molecule has 0 fully saturated rings. The van der Waals surface area contributed by atoms with Gasteiger partial charge in [0.05, 0.1) is 22.2 Å². The number of nitrogens with zero attached hydrogens (tertiary/aromatic N) is 3. The van der Waals surface area contributed by atoms with Gasteiger partial charge in [-0.2, -0.15) is 8.42 Å². The second-order valence-electron chi connectivity index (χ2n) is 6.41. The van der Waals surface area contributed by atoms with E-state index in [1.807, 2.05) is 19.1 Å². The van der Waals surface area contributed by atoms with Crippen molar-refractivity contribution < 1.29 is 17.5 Å². The number of aromatic nitrogens is 1. The zero-order chi connectivity index (χ0) is 20.6. The molecule has 148 valence electrons. The van der Waals surface area contributed by atoms with Gasteiger partial charge in [0, 0.05) is 17.2 Å². The van der Waals surface area contributed by atoms with Crippen LogP contribution in [0.15, 0.2) is 64.5 Å². The molecule has 0 unspecified atom stereocenters. The zero-order valence-corrected chi connectivity index (χ0v) is 16.8. The van der Waals surface area contributed by atoms with E-state index in [-0.39, 0.29) is 11.8 Å². The summed E-state index contributed by atoms with van der Waals surface area (Å²) in [6.45, 7) is 2.04. The largest absolute Gasteiger partial charge is 0.379 e. The van der Waals surface area contributed by atoms with E-state index < -0.39 is 25.6 Å². The summed E-state index contributed by atoms with van der Waals surface area (Å²) >= 11 is 1.65. The molecule has 0 N–H and O–H groups in total. The third-order valence-electron chi connectivity index (χ3n) is 4.22. The van der Waals surface area contributed by atoms with Gasteiger partial charge >= 0.3 is 10.1 Å². The maximum Gasteiger partial charge on any atom is 0.346 e. The first-order chi connectivity index (χ1) is 13.8. The van der Waals surface area contributed by atoms with Crippen molar-refractivity contribution in [1.29, 1.82) is 0 Å². The van der Waals surface area contributed by atoms with Crippen molar-refractivity contribution in [2.24, 2.45) is 4.99 Å². The summed E-state index contributed by atoms with van der Waals surface area (Å²) < 4.78 is 30.3. The number of pyridine rings is 1. The predicted octanol–water partition coefficient (Wildman–Crippen LogP) is 3.79. The van der Waals surface area contributed by atoms with Crippen molar-refractivity contribution in [2.75, 3.05) is 5.75 Å². The molecule has 2 heterocycles. The number of benzene rings is 2. The Balaban J connectivity index is 1.65. The van der Waals surface area contributed by atoms with Crippen molar-refractivity contribution >= 4 is 43.5 Å². The summed E-state index contributed by atoms with van der Waals surface area (Å²) in [6, 6.07) is 13.6. The molecule has 0 saturated heterocycles. The van der Waals surface area contributed by atoms with Crippen LogP contribution in [0.5, 0.6) is 5.75 Å². The Morgan fingerprint density at radius 2 is 1.97 bits per heavy atom. The summed E-state index contributed by atoms with van der Waals surface area (Å²) in [5.74, 6) is 0.970. The molecule has 29 heavy (non-hydrogen) atoms. The lowest BCUT2D eigenvalue weighted by Gasteiger charge is -2.09. The normalized spacial score (nSPS) is 16.6. The summed E-state index contributed by atoms with van der Waals surface area (Å²) in [7, 11) is -4.37. The second kappa shape index (κ2) is 7.45. The van der Waals surface area contributed by atoms with Gasteiger partial charge < -0.3 is 4.18 Å². The molecule has 1 aromatic heterocycles. The Labute approximate surface area is 170 Å². The first-order valence-corrected chi connectivity index (χ1v) is 11.0. The van der Waals surface area contributed by atoms with Gasteiger partial charge in [-0.05, 0) is 37.3 Å². The number of nitro benzene ring substituents is 1. The number of hydrogen-bond donors (Lipinski definition) is 0. The fourth-order valence-electron chi connectivity index (χ4n) is 2.88. The third kappa shape index (κ3) is 3.94. The van der Waals surface area contributed by atoms with Crippen molar-refractivity contribution in [3.63, 3.8) is 0 Å². The molecule has 0 aliphatic carbocycles. The molecule has 0 bridgehead atoms. The molecule has 2 aromatic carbocycles. The van der Waals surface area contributed by atoms with Crippen LogP contribution < -0.4 is 4.18 Å². The van der Waals surface area contributed by atoms with Crippen LogP contribution >= 0.6 is 11.8 Å². The van der Waals surface area contributed by atoms with Crippen LogP contribution in [0.1, 0.15) is 12.6 Å². The molecule has 3 aromatic rings. The molecule has 1 aliphatic heterocycles. The number of aliphatic imine (C=N–C) groups is 1. The highest BCUT2D eigenvalue weighted by Crippen LogP contribution is 2.29. The minimum Gasteiger partial charge on any atom is -0.379 e. The number of fused-ring (bicyclic) bond motifs is 1. The molecule has 4 rings (SSSR count). The molecular formula is C19H15N3O5S2. The lowest BCUT2D eigenvalue weighted by molar-refractivity contribution is -0.387. The molecular weight excluding hydrogens is 414 g/mol. The van der Waals surface area contributed by atoms with Gasteiger partial charge in [-0.3, -0.25) is 15.1 Å². The minimum absolute atomic E-state index is 0.0476. The number of hydrogen-bond acceptors (Lipinski definition) is 8. The Bertz CT molecular complexity index is 1260. The summed E-state index contributed by atoms with van der Waals surface area (Å²) in [4.78, 5) is 19.0. The first-order valence-electron chi connectivity index (χ1n) is 8.63. The monoisotopic (exact) mass is 429 g/mol. The van der Waals surface area contributed by atoms with Gasteiger partial charge in [0.15, 0.2) is 4.90 Å². The van der Waals surface area contributed by atoms with E-state index in [1.54, 1.807) is 17.8 Å². The first kappa shape index (κ1) is 19.3. The standard InChI is InChI=1S/C19H15N3O5S2/c1-12-11-28-19(20-12)16-8-6-13-10-14(7-9-15(13)21-16)27-29(25,26)18-5-3-2-4-17(18)22(23)24/h2-10,12H,11H2,1H3/t12-/m0/s1. The molecule has 0 radical (unpaired) electrons. The van der Waals surface area contributed by atoms with Crippen LogP contribution in [0.4, 0.5) is 5.69 Å². The Hall–Kier alpha value is -2.98. The van der Waals surface area contributed by atoms with E-state index in [2.05, 4.69) is 9.98 Å². The summed E-state index contributed by atoms with van der Waals surface area (Å²) in [5, 5.41) is 12.7. The highest BCUT2D eigenvalue weighted by molar-refractivity contribution is 8.14. The molecule has 8 nitrogen and oxygen atoms in total. The topological polar surface area (TPSA) is 112 Å². The van der Waals surface area contributed by atoms with Gasteiger partial charge in [0.2, 0.25) is 0 Å². The van der Waals surface area contributed by atoms with E-state index in [9.17, 15) is 18.5 Å². The Morgan fingerprint density at radius 1 is 1.17 bits per heavy atom. The van der Waals surface area contributed by atoms with Gasteiger partial charge in [-0.15, -0.1) is 11.8 Å². The maximum absolute atomic E-state index is 12.6. The van der Waals surface area contributed by atoms with E-state index in [4.69, 9.17) is 4.18 Å². The average molecular weight is 429 g/mol. The average Bonchev–Trinajstić information content (AvgIpc) is 3.13. The van der Waals surface area contributed by atoms with Gasteiger partial charge in [-0.1, -0.05) is 18.2 Å². The number of nitro groups is 1. The molecule has 0 amide bonds. The fourth-order valence-corrected chi connectivity index (χ4v) is 4.96. The van der Waals surface area contributed by atoms with Crippen molar-refractivity contribution in [3.8, 4) is 5.75 Å². The highest BCUT2D eigenvalue weighted by Gasteiger charge is 2.27. The zero-order valence-electron chi connectivity index (χ0n) is 15.2. The number of rotatable bonds is 5. The van der Waals surface area contributed by atoms with Crippen LogP contribution in [-0.4, -0.2) is 35.2 Å². The summed E-state index contributed by atoms with van der Waals surface area (Å²) in [5.41, 5.74) is 0.900. The predicted molar refractivity (Wildman–Crippen MR) is 111 cm³/mol. The second-order valence-corrected chi connectivity index (χ2v) is 8.93. The Morgan fingerprint density at radius 3 is 2.69 bits per heavy atom. The van der Waals surface area contributed by atoms with Crippen molar-refractivity contribution in [2.45, 2.75) is 17.9 Å². The molecule has 1 aliphatic rings. The fraction of sp³-hybridized carbons (Fsp3) is 0.158. The van der Waals surface area contributed by atoms with E-state index in [0.29, 0.717) is 10.9 Å². The van der Waals surface area contributed by atoms with Gasteiger partial charge in [0.1, 0.15) is 10.8 Å². The molecule has 10 heteroatoms. The van der Waals surface area contributed by atoms with Gasteiger partial charge in [-0.25, -0.2) is 4.98 Å². The van der Waals surface area contributed by atoms with Crippen LogP contribution in [0, 0.1) is 10.1 Å². The molecule has 0 spiro atoms. The molecule has 1 atom stereocenters. The van der Waals surface area contributed by atoms with E-state index in [1.165, 1.54) is 24.3 Å². The lowest BCUT2D eigenvalue weighted by Crippen LogP contribution is -2.12. The van der Waals surface area contributed by atoms with E-state index in [0.717, 1.165) is 28.6 Å². The van der Waals surface area contributed by atoms with Crippen LogP contribution in [-0.2, 0) is 10.1 Å². The molecule has 0 saturated carbocycles. The van der Waals surface area contributed by atoms with Crippen LogP contribution in [0.25, 0.3) is 10.9 Å². The van der Waals surface area contributed by atoms with Gasteiger partial charge in [0.25, 0.3) is 5.69 Å². The van der Waals surface area contributed by atoms with E-state index >= 15 is 0 Å². The maximum atomic E-state index is 12.6.